The molecule has 0 fully saturated rings. The van der Waals surface area contributed by atoms with Crippen molar-refractivity contribution >= 4 is 46.3 Å². The van der Waals surface area contributed by atoms with Crippen molar-refractivity contribution in [3.05, 3.63) is 105 Å². The molecule has 3 amide bonds. The number of aromatic nitrogens is 1. The SMILES string of the molecule is NC(=O)c1nsc(C(=O)N(Cc2ccccc2)C(C(=O)NCc2ccccc2)c2cccs2)c1N. The molecule has 8 nitrogen and oxygen atoms in total. The van der Waals surface area contributed by atoms with Crippen LogP contribution in [0.4, 0.5) is 5.69 Å². The topological polar surface area (TPSA) is 131 Å². The summed E-state index contributed by atoms with van der Waals surface area (Å²) in [6, 6.07) is 21.6. The first-order chi connectivity index (χ1) is 17.0. The van der Waals surface area contributed by atoms with Crippen LogP contribution >= 0.6 is 22.9 Å². The molecular weight excluding hydrogens is 482 g/mol. The Hall–Kier alpha value is -4.02. The maximum absolute atomic E-state index is 13.8. The van der Waals surface area contributed by atoms with E-state index in [4.69, 9.17) is 11.5 Å². The predicted molar refractivity (Wildman–Crippen MR) is 137 cm³/mol. The average molecular weight is 506 g/mol. The van der Waals surface area contributed by atoms with Crippen LogP contribution in [0.3, 0.4) is 0 Å². The van der Waals surface area contributed by atoms with Crippen LogP contribution in [0.5, 0.6) is 0 Å². The van der Waals surface area contributed by atoms with Gasteiger partial charge in [0.1, 0.15) is 10.9 Å². The van der Waals surface area contributed by atoms with Crippen LogP contribution < -0.4 is 16.8 Å². The van der Waals surface area contributed by atoms with E-state index in [1.165, 1.54) is 16.2 Å². The van der Waals surface area contributed by atoms with Gasteiger partial charge in [0.25, 0.3) is 11.8 Å². The van der Waals surface area contributed by atoms with E-state index >= 15 is 0 Å². The molecule has 0 aliphatic carbocycles. The summed E-state index contributed by atoms with van der Waals surface area (Å²) in [6.07, 6.45) is 0. The zero-order valence-corrected chi connectivity index (χ0v) is 20.2. The number of amides is 3. The number of carbonyl (C=O) groups is 3. The smallest absolute Gasteiger partial charge is 0.270 e. The number of primary amides is 1. The van der Waals surface area contributed by atoms with Gasteiger partial charge in [0.15, 0.2) is 5.69 Å². The summed E-state index contributed by atoms with van der Waals surface area (Å²) >= 11 is 2.17. The Morgan fingerprint density at radius 1 is 0.943 bits per heavy atom. The van der Waals surface area contributed by atoms with Crippen LogP contribution in [0.25, 0.3) is 0 Å². The predicted octanol–water partition coefficient (Wildman–Crippen LogP) is 3.59. The second kappa shape index (κ2) is 10.9. The van der Waals surface area contributed by atoms with Crippen LogP contribution in [0.1, 0.15) is 42.2 Å². The number of nitrogens with two attached hydrogens (primary N) is 2. The highest BCUT2D eigenvalue weighted by Gasteiger charge is 2.35. The van der Waals surface area contributed by atoms with Crippen molar-refractivity contribution in [2.24, 2.45) is 5.73 Å². The van der Waals surface area contributed by atoms with Crippen molar-refractivity contribution in [2.75, 3.05) is 5.73 Å². The van der Waals surface area contributed by atoms with Crippen molar-refractivity contribution in [2.45, 2.75) is 19.1 Å². The zero-order valence-electron chi connectivity index (χ0n) is 18.6. The van der Waals surface area contributed by atoms with E-state index in [1.807, 2.05) is 78.2 Å². The van der Waals surface area contributed by atoms with Crippen molar-refractivity contribution in [1.29, 1.82) is 0 Å². The number of benzene rings is 2. The summed E-state index contributed by atoms with van der Waals surface area (Å²) in [6.45, 7) is 0.452. The first-order valence-electron chi connectivity index (χ1n) is 10.7. The van der Waals surface area contributed by atoms with E-state index in [2.05, 4.69) is 9.69 Å². The molecule has 0 aliphatic heterocycles. The second-order valence-electron chi connectivity index (χ2n) is 7.68. The van der Waals surface area contributed by atoms with Gasteiger partial charge in [-0.3, -0.25) is 14.4 Å². The maximum Gasteiger partial charge on any atom is 0.270 e. The van der Waals surface area contributed by atoms with Gasteiger partial charge in [-0.05, 0) is 34.1 Å². The first kappa shape index (κ1) is 24.1. The monoisotopic (exact) mass is 505 g/mol. The largest absolute Gasteiger partial charge is 0.395 e. The highest BCUT2D eigenvalue weighted by molar-refractivity contribution is 7.10. The second-order valence-corrected chi connectivity index (χ2v) is 9.43. The van der Waals surface area contributed by atoms with Gasteiger partial charge in [-0.25, -0.2) is 0 Å². The Bertz CT molecular complexity index is 1310. The van der Waals surface area contributed by atoms with E-state index in [-0.39, 0.29) is 28.7 Å². The molecule has 10 heteroatoms. The van der Waals surface area contributed by atoms with Crippen LogP contribution in [0.2, 0.25) is 0 Å². The molecular formula is C25H23N5O3S2. The molecule has 35 heavy (non-hydrogen) atoms. The van der Waals surface area contributed by atoms with Gasteiger partial charge >= 0.3 is 0 Å². The Labute approximate surface area is 210 Å². The molecule has 2 heterocycles. The average Bonchev–Trinajstić information content (AvgIpc) is 3.53. The van der Waals surface area contributed by atoms with Crippen LogP contribution in [0, 0.1) is 0 Å². The number of rotatable bonds is 9. The van der Waals surface area contributed by atoms with Gasteiger partial charge in [-0.2, -0.15) is 4.37 Å². The van der Waals surface area contributed by atoms with E-state index in [0.29, 0.717) is 11.4 Å². The van der Waals surface area contributed by atoms with Crippen LogP contribution in [-0.4, -0.2) is 27.0 Å². The Balaban J connectivity index is 1.72. The lowest BCUT2D eigenvalue weighted by atomic mass is 10.1. The number of nitrogens with one attached hydrogen (secondary N) is 1. The fourth-order valence-corrected chi connectivity index (χ4v) is 5.17. The lowest BCUT2D eigenvalue weighted by Gasteiger charge is -2.30. The van der Waals surface area contributed by atoms with Crippen molar-refractivity contribution in [3.8, 4) is 0 Å². The fraction of sp³-hybridized carbons (Fsp3) is 0.120. The molecule has 178 valence electrons. The molecule has 1 unspecified atom stereocenters. The molecule has 0 bridgehead atoms. The minimum Gasteiger partial charge on any atom is -0.395 e. The lowest BCUT2D eigenvalue weighted by Crippen LogP contribution is -2.43. The van der Waals surface area contributed by atoms with E-state index in [0.717, 1.165) is 22.7 Å². The standard InChI is InChI=1S/C25H23N5O3S2/c26-19-20(23(27)31)29-35-22(19)25(33)30(15-17-10-5-2-6-11-17)21(18-12-7-13-34-18)24(32)28-14-16-8-3-1-4-9-16/h1-13,21H,14-15,26H2,(H2,27,31)(H,28,32). The molecule has 0 aliphatic rings. The number of hydrogen-bond donors (Lipinski definition) is 3. The molecule has 2 aromatic carbocycles. The number of carbonyl (C=O) groups excluding carboxylic acids is 3. The molecule has 0 saturated carbocycles. The third-order valence-corrected chi connectivity index (χ3v) is 7.07. The van der Waals surface area contributed by atoms with Gasteiger partial charge in [0.2, 0.25) is 5.91 Å². The van der Waals surface area contributed by atoms with E-state index in [1.54, 1.807) is 0 Å². The Morgan fingerprint density at radius 3 is 2.17 bits per heavy atom. The third kappa shape index (κ3) is 5.56. The minimum atomic E-state index is -0.926. The number of nitrogens with zero attached hydrogens (tertiary/aromatic N) is 2. The summed E-state index contributed by atoms with van der Waals surface area (Å²) in [7, 11) is 0. The number of thiophene rings is 1. The van der Waals surface area contributed by atoms with Gasteiger partial charge in [0.05, 0.1) is 5.69 Å². The van der Waals surface area contributed by atoms with E-state index < -0.39 is 17.9 Å². The minimum absolute atomic E-state index is 0.0622. The van der Waals surface area contributed by atoms with Crippen LogP contribution in [0.15, 0.2) is 78.2 Å². The third-order valence-electron chi connectivity index (χ3n) is 5.29. The van der Waals surface area contributed by atoms with Gasteiger partial charge in [-0.1, -0.05) is 66.7 Å². The summed E-state index contributed by atoms with van der Waals surface area (Å²) < 4.78 is 3.97. The van der Waals surface area contributed by atoms with Gasteiger partial charge in [0, 0.05) is 18.0 Å². The van der Waals surface area contributed by atoms with Crippen molar-refractivity contribution in [1.82, 2.24) is 14.6 Å². The quantitative estimate of drug-likeness (QED) is 0.320. The van der Waals surface area contributed by atoms with Crippen molar-refractivity contribution in [3.63, 3.8) is 0 Å². The highest BCUT2D eigenvalue weighted by atomic mass is 32.1. The highest BCUT2D eigenvalue weighted by Crippen LogP contribution is 2.32. The summed E-state index contributed by atoms with van der Waals surface area (Å²) in [5.74, 6) is -1.66. The van der Waals surface area contributed by atoms with Crippen LogP contribution in [-0.2, 0) is 17.9 Å². The first-order valence-corrected chi connectivity index (χ1v) is 12.4. The van der Waals surface area contributed by atoms with Crippen molar-refractivity contribution < 1.29 is 14.4 Å². The molecule has 5 N–H and O–H groups in total. The number of nitrogen functional groups attached to an aromatic ring is 1. The fourth-order valence-electron chi connectivity index (χ4n) is 3.57. The lowest BCUT2D eigenvalue weighted by molar-refractivity contribution is -0.126. The molecule has 0 saturated heterocycles. The van der Waals surface area contributed by atoms with Gasteiger partial charge < -0.3 is 21.7 Å². The Kier molecular flexibility index (Phi) is 7.54. The molecule has 0 radical (unpaired) electrons. The maximum atomic E-state index is 13.8. The Morgan fingerprint density at radius 2 is 1.60 bits per heavy atom. The number of anilines is 1. The zero-order chi connectivity index (χ0) is 24.8. The molecule has 2 aromatic heterocycles. The molecule has 4 aromatic rings. The van der Waals surface area contributed by atoms with Gasteiger partial charge in [-0.15, -0.1) is 11.3 Å². The normalized spacial score (nSPS) is 11.5. The summed E-state index contributed by atoms with van der Waals surface area (Å²) in [5.41, 5.74) is 12.9. The summed E-state index contributed by atoms with van der Waals surface area (Å²) in [4.78, 5) is 41.3. The molecule has 0 spiro atoms. The van der Waals surface area contributed by atoms with E-state index in [9.17, 15) is 14.4 Å². The molecule has 1 atom stereocenters. The summed E-state index contributed by atoms with van der Waals surface area (Å²) in [5, 5.41) is 4.81. The number of hydrogen-bond acceptors (Lipinski definition) is 7. The molecule has 4 rings (SSSR count).